The van der Waals surface area contributed by atoms with Gasteiger partial charge in [0.15, 0.2) is 0 Å². The van der Waals surface area contributed by atoms with Crippen molar-refractivity contribution >= 4 is 46.2 Å². The summed E-state index contributed by atoms with van der Waals surface area (Å²) < 4.78 is 11.1. The summed E-state index contributed by atoms with van der Waals surface area (Å²) in [6.07, 6.45) is 1.84. The third-order valence-electron chi connectivity index (χ3n) is 6.92. The molecule has 11 heteroatoms. The largest absolute Gasteiger partial charge is 0.491 e. The van der Waals surface area contributed by atoms with Gasteiger partial charge in [-0.3, -0.25) is 0 Å². The molecular formula is C31H28ClN5O3S2. The number of ether oxygens (including phenoxy) is 2. The maximum absolute atomic E-state index is 10.4. The number of piperidine rings is 1. The summed E-state index contributed by atoms with van der Waals surface area (Å²) in [5, 5.41) is 23.6. The lowest BCUT2D eigenvalue weighted by Gasteiger charge is -2.33. The lowest BCUT2D eigenvalue weighted by atomic mass is 9.99. The molecule has 1 aliphatic heterocycles. The van der Waals surface area contributed by atoms with Crippen LogP contribution in [0.25, 0.3) is 26.5 Å². The predicted molar refractivity (Wildman–Crippen MR) is 168 cm³/mol. The van der Waals surface area contributed by atoms with Crippen LogP contribution in [0.2, 0.25) is 5.02 Å². The second kappa shape index (κ2) is 14.0. The maximum atomic E-state index is 10.4. The van der Waals surface area contributed by atoms with Crippen LogP contribution < -0.4 is 9.64 Å². The molecule has 1 saturated heterocycles. The minimum Gasteiger partial charge on any atom is -0.491 e. The highest BCUT2D eigenvalue weighted by Crippen LogP contribution is 2.45. The van der Waals surface area contributed by atoms with Crippen LogP contribution in [0.15, 0.2) is 58.9 Å². The van der Waals surface area contributed by atoms with Crippen molar-refractivity contribution in [1.29, 1.82) is 5.26 Å². The highest BCUT2D eigenvalue weighted by Gasteiger charge is 2.28. The van der Waals surface area contributed by atoms with Crippen LogP contribution in [0, 0.1) is 17.9 Å². The van der Waals surface area contributed by atoms with E-state index in [1.54, 1.807) is 30.6 Å². The maximum Gasteiger partial charge on any atom is 0.237 e. The number of halogens is 1. The van der Waals surface area contributed by atoms with Gasteiger partial charge in [-0.05, 0) is 42.7 Å². The molecule has 0 spiro atoms. The van der Waals surface area contributed by atoms with Gasteiger partial charge in [0.25, 0.3) is 0 Å². The van der Waals surface area contributed by atoms with Gasteiger partial charge in [0.2, 0.25) is 5.69 Å². The SMILES string of the molecule is [C-]#[N+]c1c(N2CCC(OC)CC2)nc(SCc2csc(-c3ccc(Cl)cc3)n2)c(C#N)c1-c1ccc(OCCO)cc1. The van der Waals surface area contributed by atoms with Crippen molar-refractivity contribution in [2.24, 2.45) is 0 Å². The van der Waals surface area contributed by atoms with E-state index in [-0.39, 0.29) is 19.3 Å². The molecule has 0 radical (unpaired) electrons. The fraction of sp³-hybridized carbons (Fsp3) is 0.290. The minimum atomic E-state index is -0.0869. The number of rotatable bonds is 10. The molecule has 214 valence electrons. The van der Waals surface area contributed by atoms with Crippen molar-refractivity contribution in [3.05, 3.63) is 81.6 Å². The second-order valence-electron chi connectivity index (χ2n) is 9.52. The van der Waals surface area contributed by atoms with E-state index in [4.69, 9.17) is 42.7 Å². The van der Waals surface area contributed by atoms with E-state index in [2.05, 4.69) is 15.8 Å². The van der Waals surface area contributed by atoms with Crippen LogP contribution in [0.5, 0.6) is 5.75 Å². The minimum absolute atomic E-state index is 0.0869. The molecule has 8 nitrogen and oxygen atoms in total. The van der Waals surface area contributed by atoms with E-state index in [1.165, 1.54) is 11.8 Å². The zero-order valence-electron chi connectivity index (χ0n) is 22.9. The number of benzene rings is 2. The van der Waals surface area contributed by atoms with Crippen molar-refractivity contribution in [2.45, 2.75) is 29.7 Å². The Bertz CT molecular complexity index is 1610. The van der Waals surface area contributed by atoms with Gasteiger partial charge in [0.05, 0.1) is 30.5 Å². The van der Waals surface area contributed by atoms with E-state index in [0.717, 1.165) is 34.7 Å². The van der Waals surface area contributed by atoms with Crippen molar-refractivity contribution < 1.29 is 14.6 Å². The Morgan fingerprint density at radius 2 is 1.86 bits per heavy atom. The van der Waals surface area contributed by atoms with Crippen molar-refractivity contribution in [1.82, 2.24) is 9.97 Å². The molecule has 1 N–H and O–H groups in total. The number of aliphatic hydroxyl groups is 1. The summed E-state index contributed by atoms with van der Waals surface area (Å²) >= 11 is 9.04. The molecule has 5 rings (SSSR count). The summed E-state index contributed by atoms with van der Waals surface area (Å²) in [5.41, 5.74) is 3.87. The summed E-state index contributed by atoms with van der Waals surface area (Å²) in [4.78, 5) is 15.8. The van der Waals surface area contributed by atoms with Crippen molar-refractivity contribution in [3.63, 3.8) is 0 Å². The average Bonchev–Trinajstić information content (AvgIpc) is 3.51. The standard InChI is InChI=1S/C31H28ClN5O3S2/c1-34-28-27(20-5-9-25(10-6-20)40-16-15-38)26(17-33)31(36-29(28)37-13-11-24(39-2)12-14-37)42-19-23-18-41-30(35-23)21-3-7-22(32)8-4-21/h3-10,18,24,38H,11-16,19H2,2H3. The van der Waals surface area contributed by atoms with Gasteiger partial charge >= 0.3 is 0 Å². The van der Waals surface area contributed by atoms with Crippen LogP contribution >= 0.6 is 34.7 Å². The quantitative estimate of drug-likeness (QED) is 0.147. The summed E-state index contributed by atoms with van der Waals surface area (Å²) in [7, 11) is 1.72. The van der Waals surface area contributed by atoms with E-state index < -0.39 is 0 Å². The molecule has 0 unspecified atom stereocenters. The lowest BCUT2D eigenvalue weighted by Crippen LogP contribution is -2.37. The smallest absolute Gasteiger partial charge is 0.237 e. The molecule has 1 aliphatic rings. The number of pyridine rings is 1. The molecule has 0 atom stereocenters. The Balaban J connectivity index is 1.52. The normalized spacial score (nSPS) is 13.5. The fourth-order valence-electron chi connectivity index (χ4n) is 4.78. The van der Waals surface area contributed by atoms with Gasteiger partial charge in [0, 0.05) is 47.5 Å². The zero-order chi connectivity index (χ0) is 29.5. The molecule has 2 aromatic heterocycles. The Kier molecular flexibility index (Phi) is 9.96. The predicted octanol–water partition coefficient (Wildman–Crippen LogP) is 7.23. The first-order chi connectivity index (χ1) is 20.5. The Hall–Kier alpha value is -3.64. The number of nitriles is 1. The topological polar surface area (TPSA) is 95.9 Å². The Morgan fingerprint density at radius 1 is 1.14 bits per heavy atom. The molecule has 2 aromatic carbocycles. The number of aliphatic hydroxyl groups excluding tert-OH is 1. The highest BCUT2D eigenvalue weighted by molar-refractivity contribution is 7.98. The Labute approximate surface area is 258 Å². The van der Waals surface area contributed by atoms with E-state index in [0.29, 0.717) is 57.3 Å². The van der Waals surface area contributed by atoms with Crippen LogP contribution in [0.3, 0.4) is 0 Å². The second-order valence-corrected chi connectivity index (χ2v) is 11.8. The van der Waals surface area contributed by atoms with E-state index in [9.17, 15) is 5.26 Å². The van der Waals surface area contributed by atoms with Crippen molar-refractivity contribution in [3.8, 4) is 33.5 Å². The average molecular weight is 618 g/mol. The zero-order valence-corrected chi connectivity index (χ0v) is 25.3. The molecular weight excluding hydrogens is 590 g/mol. The van der Waals surface area contributed by atoms with Crippen molar-refractivity contribution in [2.75, 3.05) is 38.3 Å². The van der Waals surface area contributed by atoms with Crippen LogP contribution in [0.4, 0.5) is 11.5 Å². The molecule has 0 bridgehead atoms. The third kappa shape index (κ3) is 6.70. The van der Waals surface area contributed by atoms with Gasteiger partial charge in [-0.25, -0.2) is 14.8 Å². The number of aromatic nitrogens is 2. The van der Waals surface area contributed by atoms with Crippen LogP contribution in [-0.2, 0) is 10.5 Å². The third-order valence-corrected chi connectivity index (χ3v) is 9.12. The summed E-state index contributed by atoms with van der Waals surface area (Å²) in [5.74, 6) is 1.69. The molecule has 42 heavy (non-hydrogen) atoms. The van der Waals surface area contributed by atoms with Crippen LogP contribution in [0.1, 0.15) is 24.1 Å². The van der Waals surface area contributed by atoms with Gasteiger partial charge in [-0.1, -0.05) is 47.6 Å². The first-order valence-corrected chi connectivity index (χ1v) is 15.6. The molecule has 3 heterocycles. The number of methoxy groups -OCH3 is 1. The van der Waals surface area contributed by atoms with Crippen LogP contribution in [-0.4, -0.2) is 54.6 Å². The van der Waals surface area contributed by atoms with Gasteiger partial charge < -0.3 is 19.5 Å². The number of hydrogen-bond donors (Lipinski definition) is 1. The monoisotopic (exact) mass is 617 g/mol. The number of thioether (sulfide) groups is 1. The lowest BCUT2D eigenvalue weighted by molar-refractivity contribution is 0.0818. The van der Waals surface area contributed by atoms with E-state index >= 15 is 0 Å². The molecule has 0 amide bonds. The number of nitrogens with zero attached hydrogens (tertiary/aromatic N) is 5. The first-order valence-electron chi connectivity index (χ1n) is 13.3. The molecule has 0 aliphatic carbocycles. The van der Waals surface area contributed by atoms with Gasteiger partial charge in [-0.15, -0.1) is 11.3 Å². The summed E-state index contributed by atoms with van der Waals surface area (Å²) in [6.45, 7) is 9.63. The van der Waals surface area contributed by atoms with E-state index in [1.807, 2.05) is 41.8 Å². The summed E-state index contributed by atoms with van der Waals surface area (Å²) in [6, 6.07) is 17.2. The number of anilines is 1. The van der Waals surface area contributed by atoms with Gasteiger partial charge in [0.1, 0.15) is 34.3 Å². The molecule has 0 saturated carbocycles. The molecule has 4 aromatic rings. The fourth-order valence-corrected chi connectivity index (χ4v) is 6.72. The highest BCUT2D eigenvalue weighted by atomic mass is 35.5. The first kappa shape index (κ1) is 29.8. The number of thiazole rings is 1. The number of hydrogen-bond acceptors (Lipinski definition) is 9. The molecule has 1 fully saturated rings. The van der Waals surface area contributed by atoms with Gasteiger partial charge in [-0.2, -0.15) is 5.26 Å². The Morgan fingerprint density at radius 3 is 2.50 bits per heavy atom.